The van der Waals surface area contributed by atoms with Crippen LogP contribution in [0.4, 0.5) is 5.69 Å². The summed E-state index contributed by atoms with van der Waals surface area (Å²) in [4.78, 5) is 14.4. The number of nitrogens with zero attached hydrogens (tertiary/aromatic N) is 1. The van der Waals surface area contributed by atoms with Crippen molar-refractivity contribution in [1.29, 1.82) is 0 Å². The minimum absolute atomic E-state index is 0.251. The van der Waals surface area contributed by atoms with Crippen LogP contribution in [0.1, 0.15) is 29.5 Å². The molecule has 0 N–H and O–H groups in total. The number of anilines is 1. The zero-order valence-electron chi connectivity index (χ0n) is 11.8. The predicted molar refractivity (Wildman–Crippen MR) is 84.5 cm³/mol. The number of rotatable bonds is 3. The van der Waals surface area contributed by atoms with E-state index in [0.717, 1.165) is 31.5 Å². The van der Waals surface area contributed by atoms with Crippen LogP contribution < -0.4 is 4.90 Å². The van der Waals surface area contributed by atoms with Gasteiger partial charge < -0.3 is 4.90 Å². The van der Waals surface area contributed by atoms with E-state index in [1.54, 1.807) is 11.3 Å². The minimum Gasteiger partial charge on any atom is -0.312 e. The van der Waals surface area contributed by atoms with Gasteiger partial charge in [-0.25, -0.2) is 0 Å². The molecule has 0 radical (unpaired) electrons. The Hall–Kier alpha value is -1.61. The average Bonchev–Trinajstić information content (AvgIpc) is 2.97. The SMILES string of the molecule is Cc1ccc2c(c1)CCCN2C(=O)CCc1ccsc1. The number of hydrogen-bond donors (Lipinski definition) is 0. The summed E-state index contributed by atoms with van der Waals surface area (Å²) in [6, 6.07) is 8.52. The molecule has 3 rings (SSSR count). The van der Waals surface area contributed by atoms with Crippen molar-refractivity contribution in [3.8, 4) is 0 Å². The number of benzene rings is 1. The molecular weight excluding hydrogens is 266 g/mol. The fraction of sp³-hybridized carbons (Fsp3) is 0.353. The molecule has 2 aromatic rings. The van der Waals surface area contributed by atoms with Gasteiger partial charge in [0.1, 0.15) is 0 Å². The van der Waals surface area contributed by atoms with Gasteiger partial charge in [0, 0.05) is 18.7 Å². The summed E-state index contributed by atoms with van der Waals surface area (Å²) in [5.74, 6) is 0.251. The van der Waals surface area contributed by atoms with E-state index < -0.39 is 0 Å². The van der Waals surface area contributed by atoms with Gasteiger partial charge in [0.15, 0.2) is 0 Å². The molecule has 0 saturated heterocycles. The molecule has 1 aliphatic heterocycles. The van der Waals surface area contributed by atoms with Crippen molar-refractivity contribution in [3.63, 3.8) is 0 Å². The van der Waals surface area contributed by atoms with Gasteiger partial charge in [-0.1, -0.05) is 17.7 Å². The number of thiophene rings is 1. The highest BCUT2D eigenvalue weighted by Crippen LogP contribution is 2.28. The van der Waals surface area contributed by atoms with Gasteiger partial charge in [0.25, 0.3) is 0 Å². The largest absolute Gasteiger partial charge is 0.312 e. The molecule has 1 aromatic heterocycles. The lowest BCUT2D eigenvalue weighted by Gasteiger charge is -2.30. The quantitative estimate of drug-likeness (QED) is 0.835. The Balaban J connectivity index is 1.73. The maximum absolute atomic E-state index is 12.5. The van der Waals surface area contributed by atoms with E-state index >= 15 is 0 Å². The summed E-state index contributed by atoms with van der Waals surface area (Å²) in [7, 11) is 0. The maximum atomic E-state index is 12.5. The van der Waals surface area contributed by atoms with Gasteiger partial charge in [0.05, 0.1) is 0 Å². The molecule has 1 aliphatic rings. The highest BCUT2D eigenvalue weighted by atomic mass is 32.1. The Morgan fingerprint density at radius 1 is 1.35 bits per heavy atom. The molecule has 0 atom stereocenters. The zero-order chi connectivity index (χ0) is 13.9. The molecule has 0 bridgehead atoms. The second-order valence-electron chi connectivity index (χ2n) is 5.41. The van der Waals surface area contributed by atoms with Gasteiger partial charge in [-0.2, -0.15) is 11.3 Å². The minimum atomic E-state index is 0.251. The number of hydrogen-bond acceptors (Lipinski definition) is 2. The first-order valence-electron chi connectivity index (χ1n) is 7.15. The van der Waals surface area contributed by atoms with Crippen LogP contribution in [0.15, 0.2) is 35.0 Å². The molecular formula is C17H19NOS. The lowest BCUT2D eigenvalue weighted by Crippen LogP contribution is -2.35. The average molecular weight is 285 g/mol. The highest BCUT2D eigenvalue weighted by Gasteiger charge is 2.22. The lowest BCUT2D eigenvalue weighted by atomic mass is 9.99. The predicted octanol–water partition coefficient (Wildman–Crippen LogP) is 3.97. The second-order valence-corrected chi connectivity index (χ2v) is 6.19. The molecule has 1 aromatic carbocycles. The van der Waals surface area contributed by atoms with Gasteiger partial charge in [-0.05, 0) is 60.2 Å². The van der Waals surface area contributed by atoms with E-state index in [4.69, 9.17) is 0 Å². The summed E-state index contributed by atoms with van der Waals surface area (Å²) in [5.41, 5.74) is 4.98. The molecule has 0 aliphatic carbocycles. The van der Waals surface area contributed by atoms with Crippen LogP contribution in [0, 0.1) is 6.92 Å². The molecule has 0 spiro atoms. The van der Waals surface area contributed by atoms with Gasteiger partial charge in [-0.3, -0.25) is 4.79 Å². The van der Waals surface area contributed by atoms with Crippen molar-refractivity contribution in [1.82, 2.24) is 0 Å². The second kappa shape index (κ2) is 5.80. The number of amides is 1. The molecule has 0 fully saturated rings. The number of carbonyl (C=O) groups excluding carboxylic acids is 1. The first kappa shape index (κ1) is 13.4. The Morgan fingerprint density at radius 2 is 2.25 bits per heavy atom. The van der Waals surface area contributed by atoms with Crippen molar-refractivity contribution in [2.75, 3.05) is 11.4 Å². The first-order chi connectivity index (χ1) is 9.74. The Bertz CT molecular complexity index is 603. The monoisotopic (exact) mass is 285 g/mol. The van der Waals surface area contributed by atoms with Crippen LogP contribution in [-0.2, 0) is 17.6 Å². The fourth-order valence-electron chi connectivity index (χ4n) is 2.81. The molecule has 104 valence electrons. The van der Waals surface area contributed by atoms with Crippen molar-refractivity contribution in [2.45, 2.75) is 32.6 Å². The highest BCUT2D eigenvalue weighted by molar-refractivity contribution is 7.07. The van der Waals surface area contributed by atoms with Crippen molar-refractivity contribution in [3.05, 3.63) is 51.7 Å². The standard InChI is InChI=1S/C17H19NOS/c1-13-4-6-16-15(11-13)3-2-9-18(16)17(19)7-5-14-8-10-20-12-14/h4,6,8,10-12H,2-3,5,7,9H2,1H3. The van der Waals surface area contributed by atoms with Gasteiger partial charge in [-0.15, -0.1) is 0 Å². The van der Waals surface area contributed by atoms with E-state index in [9.17, 15) is 4.79 Å². The normalized spacial score (nSPS) is 14.2. The van der Waals surface area contributed by atoms with E-state index in [0.29, 0.717) is 6.42 Å². The van der Waals surface area contributed by atoms with E-state index in [-0.39, 0.29) is 5.91 Å². The summed E-state index contributed by atoms with van der Waals surface area (Å²) in [6.07, 6.45) is 3.61. The third-order valence-electron chi connectivity index (χ3n) is 3.86. The number of fused-ring (bicyclic) bond motifs is 1. The maximum Gasteiger partial charge on any atom is 0.227 e. The topological polar surface area (TPSA) is 20.3 Å². The van der Waals surface area contributed by atoms with E-state index in [1.807, 2.05) is 4.90 Å². The summed E-state index contributed by atoms with van der Waals surface area (Å²) < 4.78 is 0. The summed E-state index contributed by atoms with van der Waals surface area (Å²) >= 11 is 1.69. The summed E-state index contributed by atoms with van der Waals surface area (Å²) in [6.45, 7) is 2.97. The van der Waals surface area contributed by atoms with Crippen LogP contribution in [0.25, 0.3) is 0 Å². The van der Waals surface area contributed by atoms with Crippen LogP contribution in [0.3, 0.4) is 0 Å². The van der Waals surface area contributed by atoms with E-state index in [1.165, 1.54) is 16.7 Å². The summed E-state index contributed by atoms with van der Waals surface area (Å²) in [5, 5.41) is 4.19. The molecule has 0 unspecified atom stereocenters. The lowest BCUT2D eigenvalue weighted by molar-refractivity contribution is -0.118. The third kappa shape index (κ3) is 2.78. The Labute approximate surface area is 124 Å². The van der Waals surface area contributed by atoms with Gasteiger partial charge in [0.2, 0.25) is 5.91 Å². The molecule has 2 heterocycles. The first-order valence-corrected chi connectivity index (χ1v) is 8.09. The van der Waals surface area contributed by atoms with E-state index in [2.05, 4.69) is 41.9 Å². The van der Waals surface area contributed by atoms with Crippen LogP contribution in [-0.4, -0.2) is 12.5 Å². The van der Waals surface area contributed by atoms with Crippen molar-refractivity contribution < 1.29 is 4.79 Å². The fourth-order valence-corrected chi connectivity index (χ4v) is 3.51. The van der Waals surface area contributed by atoms with Crippen molar-refractivity contribution in [2.24, 2.45) is 0 Å². The van der Waals surface area contributed by atoms with Crippen LogP contribution in [0.2, 0.25) is 0 Å². The third-order valence-corrected chi connectivity index (χ3v) is 4.59. The molecule has 0 saturated carbocycles. The van der Waals surface area contributed by atoms with Crippen LogP contribution in [0.5, 0.6) is 0 Å². The number of carbonyl (C=O) groups is 1. The van der Waals surface area contributed by atoms with Crippen molar-refractivity contribution >= 4 is 22.9 Å². The zero-order valence-corrected chi connectivity index (χ0v) is 12.6. The molecule has 2 nitrogen and oxygen atoms in total. The van der Waals surface area contributed by atoms with Crippen LogP contribution >= 0.6 is 11.3 Å². The Kier molecular flexibility index (Phi) is 3.88. The molecule has 3 heteroatoms. The smallest absolute Gasteiger partial charge is 0.227 e. The van der Waals surface area contributed by atoms with Gasteiger partial charge >= 0.3 is 0 Å². The molecule has 1 amide bonds. The number of aryl methyl sites for hydroxylation is 3. The molecule has 20 heavy (non-hydrogen) atoms. The Morgan fingerprint density at radius 3 is 3.05 bits per heavy atom.